The van der Waals surface area contributed by atoms with Crippen LogP contribution in [0.25, 0.3) is 0 Å². The third kappa shape index (κ3) is 4.91. The molecule has 126 valence electrons. The third-order valence-electron chi connectivity index (χ3n) is 3.04. The number of rotatable bonds is 5. The highest BCUT2D eigenvalue weighted by atomic mass is 35.5. The molecule has 0 radical (unpaired) electrons. The molecule has 0 saturated heterocycles. The summed E-state index contributed by atoms with van der Waals surface area (Å²) in [6.07, 6.45) is -0.0865. The number of halogens is 3. The lowest BCUT2D eigenvalue weighted by Gasteiger charge is -2.13. The molecular formula is C16H13Cl2FN2O3. The Morgan fingerprint density at radius 2 is 2.04 bits per heavy atom. The Bertz CT molecular complexity index is 733. The fraction of sp³-hybridized carbons (Fsp3) is 0.188. The molecule has 1 N–H and O–H groups in total. The van der Waals surface area contributed by atoms with Crippen LogP contribution < -0.4 is 5.32 Å². The van der Waals surface area contributed by atoms with Crippen LogP contribution in [0.2, 0.25) is 10.0 Å². The topological polar surface area (TPSA) is 68.3 Å². The van der Waals surface area contributed by atoms with E-state index in [2.05, 4.69) is 10.3 Å². The molecular weight excluding hydrogens is 358 g/mol. The van der Waals surface area contributed by atoms with Gasteiger partial charge in [0, 0.05) is 16.8 Å². The van der Waals surface area contributed by atoms with E-state index >= 15 is 0 Å². The highest BCUT2D eigenvalue weighted by Gasteiger charge is 2.20. The van der Waals surface area contributed by atoms with Crippen molar-refractivity contribution in [3.8, 4) is 0 Å². The highest BCUT2D eigenvalue weighted by molar-refractivity contribution is 6.31. The van der Waals surface area contributed by atoms with E-state index in [1.165, 1.54) is 37.4 Å². The van der Waals surface area contributed by atoms with Crippen molar-refractivity contribution in [2.45, 2.75) is 19.4 Å². The normalized spacial score (nSPS) is 11.7. The van der Waals surface area contributed by atoms with E-state index in [0.29, 0.717) is 5.02 Å². The molecule has 1 heterocycles. The van der Waals surface area contributed by atoms with Gasteiger partial charge in [-0.2, -0.15) is 0 Å². The third-order valence-corrected chi connectivity index (χ3v) is 3.62. The molecule has 0 aliphatic carbocycles. The lowest BCUT2D eigenvalue weighted by atomic mass is 10.1. The van der Waals surface area contributed by atoms with Gasteiger partial charge in [-0.15, -0.1) is 0 Å². The largest absolute Gasteiger partial charge is 0.452 e. The summed E-state index contributed by atoms with van der Waals surface area (Å²) in [6, 6.07) is 7.16. The van der Waals surface area contributed by atoms with E-state index in [0.717, 1.165) is 0 Å². The summed E-state index contributed by atoms with van der Waals surface area (Å²) >= 11 is 11.5. The van der Waals surface area contributed by atoms with Crippen LogP contribution in [0.4, 0.5) is 10.2 Å². The van der Waals surface area contributed by atoms with Crippen molar-refractivity contribution >= 4 is 40.9 Å². The molecule has 0 saturated carbocycles. The van der Waals surface area contributed by atoms with E-state index in [1.807, 2.05) is 0 Å². The fourth-order valence-electron chi connectivity index (χ4n) is 1.82. The fourth-order valence-corrected chi connectivity index (χ4v) is 2.16. The van der Waals surface area contributed by atoms with E-state index < -0.39 is 23.8 Å². The smallest absolute Gasteiger partial charge is 0.311 e. The molecule has 1 atom stereocenters. The van der Waals surface area contributed by atoms with Crippen LogP contribution in [0.3, 0.4) is 0 Å². The summed E-state index contributed by atoms with van der Waals surface area (Å²) in [5.41, 5.74) is 0.0242. The van der Waals surface area contributed by atoms with Gasteiger partial charge in [-0.25, -0.2) is 9.37 Å². The number of carbonyl (C=O) groups is 2. The van der Waals surface area contributed by atoms with Crippen molar-refractivity contribution in [1.29, 1.82) is 0 Å². The minimum Gasteiger partial charge on any atom is -0.452 e. The molecule has 0 spiro atoms. The first-order valence-corrected chi connectivity index (χ1v) is 7.67. The van der Waals surface area contributed by atoms with Gasteiger partial charge in [0.2, 0.25) is 0 Å². The molecule has 0 unspecified atom stereocenters. The van der Waals surface area contributed by atoms with Crippen molar-refractivity contribution < 1.29 is 18.7 Å². The zero-order chi connectivity index (χ0) is 17.7. The van der Waals surface area contributed by atoms with Gasteiger partial charge in [-0.05, 0) is 31.2 Å². The number of carbonyl (C=O) groups excluding carboxylic acids is 2. The zero-order valence-corrected chi connectivity index (χ0v) is 14.1. The Hall–Kier alpha value is -2.18. The summed E-state index contributed by atoms with van der Waals surface area (Å²) in [5, 5.41) is 3.02. The summed E-state index contributed by atoms with van der Waals surface area (Å²) in [6.45, 7) is 1.39. The van der Waals surface area contributed by atoms with Crippen molar-refractivity contribution in [3.05, 3.63) is 58.0 Å². The van der Waals surface area contributed by atoms with Gasteiger partial charge in [0.1, 0.15) is 11.6 Å². The van der Waals surface area contributed by atoms with Crippen molar-refractivity contribution in [1.82, 2.24) is 4.98 Å². The monoisotopic (exact) mass is 370 g/mol. The summed E-state index contributed by atoms with van der Waals surface area (Å²) in [4.78, 5) is 27.7. The number of amides is 1. The highest BCUT2D eigenvalue weighted by Crippen LogP contribution is 2.20. The number of ether oxygens (including phenoxy) is 1. The summed E-state index contributed by atoms with van der Waals surface area (Å²) < 4.78 is 18.6. The van der Waals surface area contributed by atoms with E-state index in [-0.39, 0.29) is 22.8 Å². The number of benzene rings is 1. The predicted molar refractivity (Wildman–Crippen MR) is 88.5 cm³/mol. The van der Waals surface area contributed by atoms with E-state index in [4.69, 9.17) is 27.9 Å². The molecule has 0 aliphatic heterocycles. The summed E-state index contributed by atoms with van der Waals surface area (Å²) in [5.74, 6) is -1.68. The molecule has 0 aliphatic rings. The molecule has 0 bridgehead atoms. The molecule has 0 fully saturated rings. The molecule has 2 aromatic rings. The minimum atomic E-state index is -1.08. The Balaban J connectivity index is 1.93. The van der Waals surface area contributed by atoms with Gasteiger partial charge in [-0.3, -0.25) is 9.59 Å². The lowest BCUT2D eigenvalue weighted by Crippen LogP contribution is -2.30. The van der Waals surface area contributed by atoms with E-state index in [9.17, 15) is 14.0 Å². The van der Waals surface area contributed by atoms with Crippen LogP contribution in [-0.2, 0) is 20.7 Å². The minimum absolute atomic E-state index is 0.0242. The molecule has 1 amide bonds. The van der Waals surface area contributed by atoms with Gasteiger partial charge in [0.25, 0.3) is 5.91 Å². The lowest BCUT2D eigenvalue weighted by molar-refractivity contribution is -0.152. The van der Waals surface area contributed by atoms with Crippen LogP contribution >= 0.6 is 23.2 Å². The SMILES string of the molecule is C[C@@H](OC(=O)Cc1c(F)cccc1Cl)C(=O)Nc1ccc(Cl)cn1. The standard InChI is InChI=1S/C16H13Cl2FN2O3/c1-9(16(23)21-14-6-5-10(17)8-20-14)24-15(22)7-11-12(18)3-2-4-13(11)19/h2-6,8-9H,7H2,1H3,(H,20,21,23)/t9-/m1/s1. The number of esters is 1. The zero-order valence-electron chi connectivity index (χ0n) is 12.6. The maximum absolute atomic E-state index is 13.6. The van der Waals surface area contributed by atoms with Gasteiger partial charge >= 0.3 is 5.97 Å². The average Bonchev–Trinajstić information content (AvgIpc) is 2.53. The number of nitrogens with one attached hydrogen (secondary N) is 1. The first-order valence-electron chi connectivity index (χ1n) is 6.91. The molecule has 24 heavy (non-hydrogen) atoms. The van der Waals surface area contributed by atoms with Crippen molar-refractivity contribution in [2.75, 3.05) is 5.32 Å². The average molecular weight is 371 g/mol. The number of hydrogen-bond acceptors (Lipinski definition) is 4. The number of pyridine rings is 1. The Labute approximate surface area is 147 Å². The van der Waals surface area contributed by atoms with Gasteiger partial charge in [0.15, 0.2) is 6.10 Å². The first kappa shape index (κ1) is 18.2. The molecule has 5 nitrogen and oxygen atoms in total. The number of anilines is 1. The second kappa shape index (κ2) is 8.08. The van der Waals surface area contributed by atoms with Crippen LogP contribution in [0.1, 0.15) is 12.5 Å². The molecule has 2 rings (SSSR count). The van der Waals surface area contributed by atoms with Gasteiger partial charge < -0.3 is 10.1 Å². The number of aromatic nitrogens is 1. The quantitative estimate of drug-likeness (QED) is 0.815. The van der Waals surface area contributed by atoms with Crippen molar-refractivity contribution in [2.24, 2.45) is 0 Å². The van der Waals surface area contributed by atoms with Gasteiger partial charge in [-0.1, -0.05) is 29.3 Å². The van der Waals surface area contributed by atoms with Crippen LogP contribution in [0, 0.1) is 5.82 Å². The van der Waals surface area contributed by atoms with Crippen LogP contribution in [0.5, 0.6) is 0 Å². The van der Waals surface area contributed by atoms with Gasteiger partial charge in [0.05, 0.1) is 11.4 Å². The number of nitrogens with zero attached hydrogens (tertiary/aromatic N) is 1. The number of hydrogen-bond donors (Lipinski definition) is 1. The Morgan fingerprint density at radius 3 is 2.67 bits per heavy atom. The van der Waals surface area contributed by atoms with Crippen LogP contribution in [0.15, 0.2) is 36.5 Å². The van der Waals surface area contributed by atoms with Crippen LogP contribution in [-0.4, -0.2) is 23.0 Å². The first-order chi connectivity index (χ1) is 11.4. The Morgan fingerprint density at radius 1 is 1.29 bits per heavy atom. The predicted octanol–water partition coefficient (Wildman–Crippen LogP) is 3.64. The molecule has 1 aromatic heterocycles. The van der Waals surface area contributed by atoms with E-state index in [1.54, 1.807) is 6.07 Å². The second-order valence-electron chi connectivity index (χ2n) is 4.86. The maximum Gasteiger partial charge on any atom is 0.311 e. The second-order valence-corrected chi connectivity index (χ2v) is 5.70. The Kier molecular flexibility index (Phi) is 6.11. The molecule has 1 aromatic carbocycles. The maximum atomic E-state index is 13.6. The van der Waals surface area contributed by atoms with Crippen molar-refractivity contribution in [3.63, 3.8) is 0 Å². The molecule has 8 heteroatoms. The summed E-state index contributed by atoms with van der Waals surface area (Å²) in [7, 11) is 0.